The molecule has 0 radical (unpaired) electrons. The molecule has 1 aromatic heterocycles. The monoisotopic (exact) mass is 227 g/mol. The fourth-order valence-corrected chi connectivity index (χ4v) is 1.57. The van der Waals surface area contributed by atoms with Crippen molar-refractivity contribution in [2.24, 2.45) is 5.41 Å². The number of thiophene rings is 1. The van der Waals surface area contributed by atoms with Gasteiger partial charge in [-0.1, -0.05) is 20.8 Å². The number of amides is 1. The van der Waals surface area contributed by atoms with E-state index in [2.05, 4.69) is 5.32 Å². The summed E-state index contributed by atoms with van der Waals surface area (Å²) in [5.41, 5.74) is -0.162. The van der Waals surface area contributed by atoms with Crippen molar-refractivity contribution >= 4 is 28.9 Å². The minimum absolute atomic E-state index is 0.160. The van der Waals surface area contributed by atoms with E-state index >= 15 is 0 Å². The minimum atomic E-state index is -1.02. The number of hydrogen-bond acceptors (Lipinski definition) is 3. The number of hydrogen-bond donors (Lipinski definition) is 2. The molecule has 15 heavy (non-hydrogen) atoms. The summed E-state index contributed by atoms with van der Waals surface area (Å²) in [5.74, 6) is -1.21. The fourth-order valence-electron chi connectivity index (χ4n) is 0.883. The predicted octanol–water partition coefficient (Wildman–Crippen LogP) is 2.43. The topological polar surface area (TPSA) is 66.4 Å². The Kier molecular flexibility index (Phi) is 3.14. The van der Waals surface area contributed by atoms with Gasteiger partial charge in [0.15, 0.2) is 0 Å². The second-order valence-corrected chi connectivity index (χ2v) is 5.09. The number of carboxylic acid groups (broad SMARTS) is 1. The van der Waals surface area contributed by atoms with Gasteiger partial charge < -0.3 is 10.4 Å². The number of rotatable bonds is 2. The van der Waals surface area contributed by atoms with Gasteiger partial charge in [-0.25, -0.2) is 4.79 Å². The van der Waals surface area contributed by atoms with Gasteiger partial charge in [-0.2, -0.15) is 0 Å². The molecule has 0 fully saturated rings. The van der Waals surface area contributed by atoms with Crippen molar-refractivity contribution < 1.29 is 14.7 Å². The van der Waals surface area contributed by atoms with Crippen LogP contribution >= 0.6 is 11.3 Å². The van der Waals surface area contributed by atoms with Crippen molar-refractivity contribution in [1.29, 1.82) is 0 Å². The molecular weight excluding hydrogens is 214 g/mol. The fraction of sp³-hybridized carbons (Fsp3) is 0.400. The maximum Gasteiger partial charge on any atom is 0.348 e. The Balaban J connectivity index is 2.86. The first-order valence-electron chi connectivity index (χ1n) is 4.44. The predicted molar refractivity (Wildman–Crippen MR) is 59.4 cm³/mol. The molecule has 1 rings (SSSR count). The molecule has 0 unspecified atom stereocenters. The Morgan fingerprint density at radius 3 is 2.47 bits per heavy atom. The summed E-state index contributed by atoms with van der Waals surface area (Å²) in [6, 6.07) is 1.60. The zero-order valence-corrected chi connectivity index (χ0v) is 9.64. The number of anilines is 1. The average molecular weight is 227 g/mol. The second-order valence-electron chi connectivity index (χ2n) is 4.17. The highest BCUT2D eigenvalue weighted by molar-refractivity contribution is 7.12. The Bertz CT molecular complexity index is 390. The van der Waals surface area contributed by atoms with Crippen LogP contribution in [0, 0.1) is 5.41 Å². The first-order valence-corrected chi connectivity index (χ1v) is 5.32. The normalized spacial score (nSPS) is 11.1. The van der Waals surface area contributed by atoms with E-state index in [4.69, 9.17) is 5.11 Å². The first-order chi connectivity index (χ1) is 6.82. The number of carbonyl (C=O) groups excluding carboxylic acids is 1. The maximum atomic E-state index is 11.6. The van der Waals surface area contributed by atoms with E-state index in [-0.39, 0.29) is 10.8 Å². The molecule has 0 saturated heterocycles. The van der Waals surface area contributed by atoms with Crippen LogP contribution in [0.1, 0.15) is 30.4 Å². The first kappa shape index (κ1) is 11.7. The quantitative estimate of drug-likeness (QED) is 0.815. The molecule has 0 aliphatic carbocycles. The van der Waals surface area contributed by atoms with E-state index < -0.39 is 11.4 Å². The van der Waals surface area contributed by atoms with Gasteiger partial charge in [0.05, 0.1) is 5.69 Å². The van der Waals surface area contributed by atoms with Crippen LogP contribution in [-0.4, -0.2) is 17.0 Å². The lowest BCUT2D eigenvalue weighted by Gasteiger charge is -2.17. The molecule has 1 heterocycles. The van der Waals surface area contributed by atoms with E-state index in [0.717, 1.165) is 11.3 Å². The van der Waals surface area contributed by atoms with E-state index in [1.165, 1.54) is 0 Å². The van der Waals surface area contributed by atoms with Gasteiger partial charge in [-0.05, 0) is 11.4 Å². The van der Waals surface area contributed by atoms with Crippen LogP contribution < -0.4 is 5.32 Å². The van der Waals surface area contributed by atoms with Gasteiger partial charge in [0.2, 0.25) is 5.91 Å². The van der Waals surface area contributed by atoms with Crippen molar-refractivity contribution in [2.45, 2.75) is 20.8 Å². The van der Waals surface area contributed by atoms with Crippen LogP contribution in [0.5, 0.6) is 0 Å². The molecular formula is C10H13NO3S. The third-order valence-corrected chi connectivity index (χ3v) is 2.69. The largest absolute Gasteiger partial charge is 0.477 e. The van der Waals surface area contributed by atoms with E-state index in [0.29, 0.717) is 5.69 Å². The molecule has 1 amide bonds. The molecule has 0 aromatic carbocycles. The van der Waals surface area contributed by atoms with Crippen molar-refractivity contribution in [1.82, 2.24) is 0 Å². The molecule has 2 N–H and O–H groups in total. The van der Waals surface area contributed by atoms with E-state index in [1.54, 1.807) is 32.2 Å². The van der Waals surface area contributed by atoms with Gasteiger partial charge in [-0.15, -0.1) is 11.3 Å². The molecule has 0 atom stereocenters. The highest BCUT2D eigenvalue weighted by atomic mass is 32.1. The van der Waals surface area contributed by atoms with Crippen LogP contribution in [0.15, 0.2) is 11.4 Å². The SMILES string of the molecule is CC(C)(C)C(=O)Nc1ccsc1C(=O)O. The van der Waals surface area contributed by atoms with Crippen LogP contribution in [0.4, 0.5) is 5.69 Å². The Labute approximate surface area is 91.9 Å². The third-order valence-electron chi connectivity index (χ3n) is 1.79. The molecule has 5 heteroatoms. The summed E-state index contributed by atoms with van der Waals surface area (Å²) in [7, 11) is 0. The molecule has 0 bridgehead atoms. The molecule has 0 saturated carbocycles. The number of aromatic carboxylic acids is 1. The summed E-state index contributed by atoms with van der Waals surface area (Å²) in [6.45, 7) is 5.32. The summed E-state index contributed by atoms with van der Waals surface area (Å²) < 4.78 is 0. The van der Waals surface area contributed by atoms with Gasteiger partial charge in [0, 0.05) is 5.41 Å². The third kappa shape index (κ3) is 2.79. The summed E-state index contributed by atoms with van der Waals surface area (Å²) in [5, 5.41) is 13.1. The lowest BCUT2D eigenvalue weighted by molar-refractivity contribution is -0.123. The zero-order chi connectivity index (χ0) is 11.6. The molecule has 0 aliphatic rings. The van der Waals surface area contributed by atoms with Crippen LogP contribution in [0.2, 0.25) is 0 Å². The van der Waals surface area contributed by atoms with Crippen molar-refractivity contribution in [2.75, 3.05) is 5.32 Å². The second kappa shape index (κ2) is 4.02. The summed E-state index contributed by atoms with van der Waals surface area (Å²) >= 11 is 1.10. The van der Waals surface area contributed by atoms with E-state index in [9.17, 15) is 9.59 Å². The van der Waals surface area contributed by atoms with Crippen LogP contribution in [-0.2, 0) is 4.79 Å². The molecule has 0 spiro atoms. The van der Waals surface area contributed by atoms with Gasteiger partial charge in [0.25, 0.3) is 0 Å². The highest BCUT2D eigenvalue weighted by Crippen LogP contribution is 2.24. The smallest absolute Gasteiger partial charge is 0.348 e. The van der Waals surface area contributed by atoms with Crippen molar-refractivity contribution in [3.05, 3.63) is 16.3 Å². The maximum absolute atomic E-state index is 11.6. The standard InChI is InChI=1S/C10H13NO3S/c1-10(2,3)9(14)11-6-4-5-15-7(6)8(12)13/h4-5H,1-3H3,(H,11,14)(H,12,13). The van der Waals surface area contributed by atoms with Crippen molar-refractivity contribution in [3.8, 4) is 0 Å². The number of nitrogens with one attached hydrogen (secondary N) is 1. The molecule has 1 aromatic rings. The van der Waals surface area contributed by atoms with Gasteiger partial charge >= 0.3 is 5.97 Å². The summed E-state index contributed by atoms with van der Waals surface area (Å²) in [4.78, 5) is 22.5. The Hall–Kier alpha value is -1.36. The van der Waals surface area contributed by atoms with Gasteiger partial charge in [-0.3, -0.25) is 4.79 Å². The molecule has 4 nitrogen and oxygen atoms in total. The molecule has 0 aliphatic heterocycles. The van der Waals surface area contributed by atoms with Gasteiger partial charge in [0.1, 0.15) is 4.88 Å². The van der Waals surface area contributed by atoms with Crippen molar-refractivity contribution in [3.63, 3.8) is 0 Å². The van der Waals surface area contributed by atoms with Crippen LogP contribution in [0.25, 0.3) is 0 Å². The minimum Gasteiger partial charge on any atom is -0.477 e. The lowest BCUT2D eigenvalue weighted by Crippen LogP contribution is -2.28. The number of carbonyl (C=O) groups is 2. The van der Waals surface area contributed by atoms with Crippen LogP contribution in [0.3, 0.4) is 0 Å². The lowest BCUT2D eigenvalue weighted by atomic mass is 9.95. The summed E-state index contributed by atoms with van der Waals surface area (Å²) in [6.07, 6.45) is 0. The Morgan fingerprint density at radius 1 is 1.40 bits per heavy atom. The highest BCUT2D eigenvalue weighted by Gasteiger charge is 2.23. The van der Waals surface area contributed by atoms with E-state index in [1.807, 2.05) is 0 Å². The average Bonchev–Trinajstić information content (AvgIpc) is 2.50. The molecule has 82 valence electrons. The number of carboxylic acids is 1. The zero-order valence-electron chi connectivity index (χ0n) is 8.83. The Morgan fingerprint density at radius 2 is 2.00 bits per heavy atom.